The second-order valence-corrected chi connectivity index (χ2v) is 11.0. The molecule has 0 amide bonds. The van der Waals surface area contributed by atoms with E-state index in [1.165, 1.54) is 0 Å². The molecule has 0 aliphatic carbocycles. The second kappa shape index (κ2) is 4.76. The van der Waals surface area contributed by atoms with E-state index in [-0.39, 0.29) is 17.2 Å². The van der Waals surface area contributed by atoms with Crippen molar-refractivity contribution < 1.29 is 14.3 Å². The van der Waals surface area contributed by atoms with Crippen LogP contribution in [0.3, 0.4) is 0 Å². The van der Waals surface area contributed by atoms with Crippen molar-refractivity contribution in [2.75, 3.05) is 0 Å². The quantitative estimate of drug-likeness (QED) is 0.761. The van der Waals surface area contributed by atoms with Crippen LogP contribution in [0.25, 0.3) is 0 Å². The van der Waals surface area contributed by atoms with Gasteiger partial charge in [0.15, 0.2) is 14.6 Å². The maximum absolute atomic E-state index is 9.39. The first kappa shape index (κ1) is 14.2. The molecule has 0 aromatic rings. The predicted molar refractivity (Wildman–Crippen MR) is 67.9 cm³/mol. The molecule has 1 rings (SSSR count). The first-order chi connectivity index (χ1) is 7.13. The molecule has 1 fully saturated rings. The lowest BCUT2D eigenvalue weighted by Gasteiger charge is -2.42. The van der Waals surface area contributed by atoms with Crippen LogP contribution in [0.15, 0.2) is 0 Å². The van der Waals surface area contributed by atoms with Crippen LogP contribution in [-0.2, 0) is 9.16 Å². The fraction of sp³-hybridized carbons (Fsp3) is 1.00. The van der Waals surface area contributed by atoms with E-state index in [9.17, 15) is 5.11 Å². The lowest BCUT2D eigenvalue weighted by molar-refractivity contribution is -0.189. The minimum atomic E-state index is -1.72. The van der Waals surface area contributed by atoms with Crippen LogP contribution >= 0.6 is 0 Å². The molecule has 0 radical (unpaired) electrons. The van der Waals surface area contributed by atoms with Gasteiger partial charge in [0.25, 0.3) is 0 Å². The highest BCUT2D eigenvalue weighted by Gasteiger charge is 2.41. The second-order valence-electron chi connectivity index (χ2n) is 6.29. The third-order valence-electron chi connectivity index (χ3n) is 3.85. The Kier molecular flexibility index (Phi) is 4.22. The zero-order chi connectivity index (χ0) is 12.6. The van der Waals surface area contributed by atoms with E-state index >= 15 is 0 Å². The molecule has 1 aliphatic rings. The van der Waals surface area contributed by atoms with Crippen LogP contribution in [0.2, 0.25) is 18.1 Å². The van der Waals surface area contributed by atoms with Crippen molar-refractivity contribution in [2.45, 2.75) is 77.2 Å². The molecule has 1 unspecified atom stereocenters. The number of aliphatic hydroxyl groups is 1. The standard InChI is InChI=1S/C12H26O3Si/c1-9-10(7-8-11(13)14-9)15-16(5,6)12(2,3)4/h9-11,13H,7-8H2,1-6H3/t9-,10-,11?/m0/s1. The van der Waals surface area contributed by atoms with E-state index in [2.05, 4.69) is 33.9 Å². The van der Waals surface area contributed by atoms with E-state index < -0.39 is 14.6 Å². The van der Waals surface area contributed by atoms with Gasteiger partial charge in [-0.05, 0) is 31.5 Å². The van der Waals surface area contributed by atoms with Crippen molar-refractivity contribution in [1.82, 2.24) is 0 Å². The summed E-state index contributed by atoms with van der Waals surface area (Å²) >= 11 is 0. The number of aliphatic hydroxyl groups excluding tert-OH is 1. The highest BCUT2D eigenvalue weighted by Crippen LogP contribution is 2.39. The molecular formula is C12H26O3Si. The Hall–Kier alpha value is 0.0969. The van der Waals surface area contributed by atoms with Gasteiger partial charge in [-0.25, -0.2) is 0 Å². The van der Waals surface area contributed by atoms with E-state index in [1.807, 2.05) is 6.92 Å². The number of ether oxygens (including phenoxy) is 1. The summed E-state index contributed by atoms with van der Waals surface area (Å²) in [5, 5.41) is 9.61. The summed E-state index contributed by atoms with van der Waals surface area (Å²) in [4.78, 5) is 0. The van der Waals surface area contributed by atoms with Crippen LogP contribution in [-0.4, -0.2) is 31.9 Å². The maximum atomic E-state index is 9.39. The summed E-state index contributed by atoms with van der Waals surface area (Å²) in [5.74, 6) is 0. The van der Waals surface area contributed by atoms with Gasteiger partial charge in [-0.1, -0.05) is 20.8 Å². The Labute approximate surface area is 100 Å². The average molecular weight is 246 g/mol. The molecular weight excluding hydrogens is 220 g/mol. The fourth-order valence-corrected chi connectivity index (χ4v) is 3.07. The third-order valence-corrected chi connectivity index (χ3v) is 8.35. The SMILES string of the molecule is C[C@@H]1OC(O)CC[C@@H]1O[Si](C)(C)C(C)(C)C. The number of hydrogen-bond acceptors (Lipinski definition) is 3. The van der Waals surface area contributed by atoms with Gasteiger partial charge >= 0.3 is 0 Å². The summed E-state index contributed by atoms with van der Waals surface area (Å²) in [7, 11) is -1.72. The Morgan fingerprint density at radius 1 is 1.25 bits per heavy atom. The number of rotatable bonds is 2. The van der Waals surface area contributed by atoms with Gasteiger partial charge in [-0.3, -0.25) is 0 Å². The van der Waals surface area contributed by atoms with Crippen LogP contribution < -0.4 is 0 Å². The first-order valence-electron chi connectivity index (χ1n) is 6.15. The molecule has 4 heteroatoms. The summed E-state index contributed by atoms with van der Waals surface area (Å²) in [6.07, 6.45) is 1.12. The molecule has 0 bridgehead atoms. The van der Waals surface area contributed by atoms with Gasteiger partial charge in [-0.15, -0.1) is 0 Å². The van der Waals surface area contributed by atoms with Crippen molar-refractivity contribution in [3.63, 3.8) is 0 Å². The van der Waals surface area contributed by atoms with Crippen LogP contribution in [0.4, 0.5) is 0 Å². The molecule has 96 valence electrons. The summed E-state index contributed by atoms with van der Waals surface area (Å²) in [6, 6.07) is 0. The van der Waals surface area contributed by atoms with Crippen molar-refractivity contribution in [1.29, 1.82) is 0 Å². The molecule has 0 aromatic heterocycles. The lowest BCUT2D eigenvalue weighted by atomic mass is 10.1. The molecule has 1 saturated heterocycles. The van der Waals surface area contributed by atoms with E-state index in [0.29, 0.717) is 6.42 Å². The molecule has 3 nitrogen and oxygen atoms in total. The zero-order valence-electron chi connectivity index (χ0n) is 11.4. The predicted octanol–water partition coefficient (Wildman–Crippen LogP) is 2.89. The molecule has 1 heterocycles. The smallest absolute Gasteiger partial charge is 0.192 e. The van der Waals surface area contributed by atoms with Crippen molar-refractivity contribution in [2.24, 2.45) is 0 Å². The van der Waals surface area contributed by atoms with Gasteiger partial charge in [0.1, 0.15) is 0 Å². The Morgan fingerprint density at radius 2 is 1.81 bits per heavy atom. The topological polar surface area (TPSA) is 38.7 Å². The van der Waals surface area contributed by atoms with E-state index in [0.717, 1.165) is 6.42 Å². The normalized spacial score (nSPS) is 32.8. The highest BCUT2D eigenvalue weighted by molar-refractivity contribution is 6.74. The molecule has 0 spiro atoms. The zero-order valence-corrected chi connectivity index (χ0v) is 12.4. The van der Waals surface area contributed by atoms with Crippen LogP contribution in [0.1, 0.15) is 40.5 Å². The summed E-state index contributed by atoms with van der Waals surface area (Å²) < 4.78 is 11.7. The van der Waals surface area contributed by atoms with Gasteiger partial charge in [0.05, 0.1) is 12.2 Å². The maximum Gasteiger partial charge on any atom is 0.192 e. The summed E-state index contributed by atoms with van der Waals surface area (Å²) in [5.41, 5.74) is 0. The van der Waals surface area contributed by atoms with Crippen molar-refractivity contribution in [3.8, 4) is 0 Å². The van der Waals surface area contributed by atoms with Crippen molar-refractivity contribution >= 4 is 8.32 Å². The van der Waals surface area contributed by atoms with Gasteiger partial charge in [0.2, 0.25) is 0 Å². The van der Waals surface area contributed by atoms with Crippen LogP contribution in [0, 0.1) is 0 Å². The average Bonchev–Trinajstić information content (AvgIpc) is 2.08. The van der Waals surface area contributed by atoms with Crippen molar-refractivity contribution in [3.05, 3.63) is 0 Å². The Balaban J connectivity index is 2.60. The third kappa shape index (κ3) is 3.29. The Morgan fingerprint density at radius 3 is 2.25 bits per heavy atom. The monoisotopic (exact) mass is 246 g/mol. The number of hydrogen-bond donors (Lipinski definition) is 1. The summed E-state index contributed by atoms with van der Waals surface area (Å²) in [6.45, 7) is 13.2. The fourth-order valence-electron chi connectivity index (χ4n) is 1.65. The highest BCUT2D eigenvalue weighted by atomic mass is 28.4. The minimum absolute atomic E-state index is 0.00197. The Bertz CT molecular complexity index is 235. The minimum Gasteiger partial charge on any atom is -0.411 e. The largest absolute Gasteiger partial charge is 0.411 e. The molecule has 0 saturated carbocycles. The molecule has 1 N–H and O–H groups in total. The molecule has 16 heavy (non-hydrogen) atoms. The molecule has 1 aliphatic heterocycles. The molecule has 0 aromatic carbocycles. The van der Waals surface area contributed by atoms with Gasteiger partial charge in [0, 0.05) is 6.42 Å². The lowest BCUT2D eigenvalue weighted by Crippen LogP contribution is -2.49. The molecule has 3 atom stereocenters. The van der Waals surface area contributed by atoms with Gasteiger partial charge in [-0.2, -0.15) is 0 Å². The first-order valence-corrected chi connectivity index (χ1v) is 9.05. The van der Waals surface area contributed by atoms with E-state index in [1.54, 1.807) is 0 Å². The van der Waals surface area contributed by atoms with Gasteiger partial charge < -0.3 is 14.3 Å². The van der Waals surface area contributed by atoms with Crippen LogP contribution in [0.5, 0.6) is 0 Å². The van der Waals surface area contributed by atoms with E-state index in [4.69, 9.17) is 9.16 Å².